The molecule has 0 aromatic carbocycles. The molecule has 4 N–H and O–H groups in total. The van der Waals surface area contributed by atoms with Gasteiger partial charge in [-0.1, -0.05) is 37.0 Å². The molecule has 0 bridgehead atoms. The Bertz CT molecular complexity index is 1140. The van der Waals surface area contributed by atoms with E-state index in [2.05, 4.69) is 31.7 Å². The van der Waals surface area contributed by atoms with Gasteiger partial charge in [0.25, 0.3) is 5.91 Å². The lowest BCUT2D eigenvalue weighted by Crippen LogP contribution is -2.58. The highest BCUT2D eigenvalue weighted by atomic mass is 35.5. The molecule has 4 rings (SSSR count). The van der Waals surface area contributed by atoms with E-state index in [0.29, 0.717) is 36.9 Å². The molecule has 2 aliphatic heterocycles. The first kappa shape index (κ1) is 26.4. The molecule has 1 atom stereocenters. The highest BCUT2D eigenvalue weighted by Gasteiger charge is 2.35. The van der Waals surface area contributed by atoms with Crippen LogP contribution in [0.4, 0.5) is 17.5 Å². The smallest absolute Gasteiger partial charge is 0.257 e. The summed E-state index contributed by atoms with van der Waals surface area (Å²) in [5, 5.41) is 0.472. The second-order valence-electron chi connectivity index (χ2n) is 9.18. The van der Waals surface area contributed by atoms with Gasteiger partial charge in [-0.25, -0.2) is 15.0 Å². The SMILES string of the molecule is CCC(=O)c1nc(Cl)c(N2CCN(C3CCN(C(=O)c4ccc(Cl)nc4N)CC3)C(CC)C2)nc1N. The van der Waals surface area contributed by atoms with Crippen molar-refractivity contribution in [3.63, 3.8) is 0 Å². The minimum Gasteiger partial charge on any atom is -0.383 e. The van der Waals surface area contributed by atoms with Crippen molar-refractivity contribution < 1.29 is 9.59 Å². The van der Waals surface area contributed by atoms with E-state index in [1.165, 1.54) is 0 Å². The lowest BCUT2D eigenvalue weighted by atomic mass is 9.97. The maximum absolute atomic E-state index is 13.0. The minimum absolute atomic E-state index is 0.109. The summed E-state index contributed by atoms with van der Waals surface area (Å²) < 4.78 is 0. The number of carbonyl (C=O) groups excluding carboxylic acids is 2. The van der Waals surface area contributed by atoms with E-state index < -0.39 is 0 Å². The van der Waals surface area contributed by atoms with Gasteiger partial charge in [-0.15, -0.1) is 0 Å². The van der Waals surface area contributed by atoms with Crippen LogP contribution < -0.4 is 16.4 Å². The molecule has 1 unspecified atom stereocenters. The van der Waals surface area contributed by atoms with Crippen LogP contribution in [-0.4, -0.2) is 81.2 Å². The average molecular weight is 535 g/mol. The van der Waals surface area contributed by atoms with Crippen LogP contribution in [0.5, 0.6) is 0 Å². The molecule has 0 aliphatic carbocycles. The summed E-state index contributed by atoms with van der Waals surface area (Å²) in [6.07, 6.45) is 3.00. The topological polar surface area (TPSA) is 135 Å². The van der Waals surface area contributed by atoms with Crippen molar-refractivity contribution in [3.8, 4) is 0 Å². The van der Waals surface area contributed by atoms with E-state index in [4.69, 9.17) is 34.7 Å². The molecule has 0 saturated carbocycles. The third kappa shape index (κ3) is 5.35. The Labute approximate surface area is 220 Å². The van der Waals surface area contributed by atoms with E-state index in [9.17, 15) is 9.59 Å². The number of rotatable bonds is 6. The number of pyridine rings is 1. The second kappa shape index (κ2) is 11.1. The number of piperidine rings is 1. The van der Waals surface area contributed by atoms with E-state index in [1.54, 1.807) is 19.1 Å². The van der Waals surface area contributed by atoms with Gasteiger partial charge < -0.3 is 21.3 Å². The molecule has 2 saturated heterocycles. The Balaban J connectivity index is 1.40. The highest BCUT2D eigenvalue weighted by molar-refractivity contribution is 6.32. The summed E-state index contributed by atoms with van der Waals surface area (Å²) in [5.41, 5.74) is 12.5. The molecule has 194 valence electrons. The van der Waals surface area contributed by atoms with E-state index in [0.717, 1.165) is 38.9 Å². The van der Waals surface area contributed by atoms with Crippen LogP contribution in [0.15, 0.2) is 12.1 Å². The number of nitrogens with zero attached hydrogens (tertiary/aromatic N) is 6. The average Bonchev–Trinajstić information content (AvgIpc) is 2.88. The maximum Gasteiger partial charge on any atom is 0.257 e. The number of ketones is 1. The zero-order valence-corrected chi connectivity index (χ0v) is 22.1. The minimum atomic E-state index is -0.176. The number of amides is 1. The van der Waals surface area contributed by atoms with Gasteiger partial charge in [0.15, 0.2) is 22.6 Å². The fourth-order valence-corrected chi connectivity index (χ4v) is 5.50. The molecule has 4 heterocycles. The molecular weight excluding hydrogens is 503 g/mol. The molecule has 2 fully saturated rings. The Morgan fingerprint density at radius 2 is 1.72 bits per heavy atom. The number of aromatic nitrogens is 3. The lowest BCUT2D eigenvalue weighted by Gasteiger charge is -2.47. The molecule has 10 nitrogen and oxygen atoms in total. The molecule has 0 radical (unpaired) electrons. The molecule has 1 amide bonds. The first-order valence-electron chi connectivity index (χ1n) is 12.3. The van der Waals surface area contributed by atoms with Gasteiger partial charge in [-0.3, -0.25) is 14.5 Å². The van der Waals surface area contributed by atoms with Crippen molar-refractivity contribution in [3.05, 3.63) is 33.7 Å². The maximum atomic E-state index is 13.0. The Morgan fingerprint density at radius 3 is 2.36 bits per heavy atom. The van der Waals surface area contributed by atoms with Crippen LogP contribution in [0.25, 0.3) is 0 Å². The summed E-state index contributed by atoms with van der Waals surface area (Å²) in [6, 6.07) is 3.88. The van der Waals surface area contributed by atoms with Crippen molar-refractivity contribution in [1.82, 2.24) is 24.8 Å². The Hall–Kier alpha value is -2.69. The number of nitrogens with two attached hydrogens (primary N) is 2. The van der Waals surface area contributed by atoms with Crippen LogP contribution in [0, 0.1) is 0 Å². The van der Waals surface area contributed by atoms with Gasteiger partial charge in [0, 0.05) is 51.2 Å². The van der Waals surface area contributed by atoms with Gasteiger partial charge in [0.05, 0.1) is 5.56 Å². The third-order valence-electron chi connectivity index (χ3n) is 7.09. The zero-order valence-electron chi connectivity index (χ0n) is 20.6. The second-order valence-corrected chi connectivity index (χ2v) is 9.93. The number of Topliss-reactive ketones (excluding diaryl/α,β-unsaturated/α-hetero) is 1. The van der Waals surface area contributed by atoms with Crippen molar-refractivity contribution in [1.29, 1.82) is 0 Å². The fourth-order valence-electron chi connectivity index (χ4n) is 5.10. The highest BCUT2D eigenvalue weighted by Crippen LogP contribution is 2.30. The molecule has 36 heavy (non-hydrogen) atoms. The number of piperazine rings is 1. The first-order valence-corrected chi connectivity index (χ1v) is 13.1. The molecule has 2 aliphatic rings. The number of anilines is 3. The van der Waals surface area contributed by atoms with Crippen LogP contribution >= 0.6 is 23.2 Å². The van der Waals surface area contributed by atoms with Gasteiger partial charge in [0.2, 0.25) is 0 Å². The van der Waals surface area contributed by atoms with Crippen LogP contribution in [-0.2, 0) is 0 Å². The first-order chi connectivity index (χ1) is 17.2. The summed E-state index contributed by atoms with van der Waals surface area (Å²) in [7, 11) is 0. The van der Waals surface area contributed by atoms with Gasteiger partial charge in [-0.2, -0.15) is 0 Å². The molecule has 2 aromatic rings. The third-order valence-corrected chi connectivity index (χ3v) is 7.55. The van der Waals surface area contributed by atoms with E-state index in [-0.39, 0.29) is 45.4 Å². The largest absolute Gasteiger partial charge is 0.383 e. The van der Waals surface area contributed by atoms with Crippen molar-refractivity contribution in [2.24, 2.45) is 0 Å². The normalized spacial score (nSPS) is 19.5. The zero-order chi connectivity index (χ0) is 26.0. The fraction of sp³-hybridized carbons (Fsp3) is 0.542. The quantitative estimate of drug-likeness (QED) is 0.423. The predicted octanol–water partition coefficient (Wildman–Crippen LogP) is 3.14. The van der Waals surface area contributed by atoms with E-state index in [1.807, 2.05) is 4.90 Å². The molecule has 0 spiro atoms. The predicted molar refractivity (Wildman–Crippen MR) is 142 cm³/mol. The number of carbonyl (C=O) groups is 2. The standard InChI is InChI=1S/C24H32Cl2N8O2/c1-3-14-13-33(23-20(26)30-19(17(35)4-2)22(28)31-23)11-12-34(14)15-7-9-32(10-8-15)24(36)16-5-6-18(25)29-21(16)27/h5-6,14-15H,3-4,7-13H2,1-2H3,(H2,27,29)(H2,28,31). The van der Waals surface area contributed by atoms with Gasteiger partial charge >= 0.3 is 0 Å². The number of hydrogen-bond acceptors (Lipinski definition) is 9. The Kier molecular flexibility index (Phi) is 8.17. The van der Waals surface area contributed by atoms with E-state index >= 15 is 0 Å². The molecule has 2 aromatic heterocycles. The van der Waals surface area contributed by atoms with Crippen molar-refractivity contribution >= 4 is 52.3 Å². The number of halogens is 2. The number of nitrogen functional groups attached to an aromatic ring is 2. The van der Waals surface area contributed by atoms with Crippen LogP contribution in [0.2, 0.25) is 10.3 Å². The van der Waals surface area contributed by atoms with Gasteiger partial charge in [0.1, 0.15) is 16.7 Å². The molecule has 12 heteroatoms. The number of likely N-dealkylation sites (tertiary alicyclic amines) is 1. The molecular formula is C24H32Cl2N8O2. The summed E-state index contributed by atoms with van der Waals surface area (Å²) in [4.78, 5) is 44.2. The lowest BCUT2D eigenvalue weighted by molar-refractivity contribution is 0.0491. The monoisotopic (exact) mass is 534 g/mol. The van der Waals surface area contributed by atoms with Gasteiger partial charge in [-0.05, 0) is 31.4 Å². The Morgan fingerprint density at radius 1 is 1.00 bits per heavy atom. The van der Waals surface area contributed by atoms with Crippen LogP contribution in [0.3, 0.4) is 0 Å². The van der Waals surface area contributed by atoms with Crippen molar-refractivity contribution in [2.75, 3.05) is 49.1 Å². The van der Waals surface area contributed by atoms with Crippen molar-refractivity contribution in [2.45, 2.75) is 51.6 Å². The van der Waals surface area contributed by atoms with Crippen LogP contribution in [0.1, 0.15) is 60.4 Å². The number of hydrogen-bond donors (Lipinski definition) is 2. The summed E-state index contributed by atoms with van der Waals surface area (Å²) in [6.45, 7) is 7.52. The summed E-state index contributed by atoms with van der Waals surface area (Å²) >= 11 is 12.3. The summed E-state index contributed by atoms with van der Waals surface area (Å²) in [5.74, 6) is 0.512.